The molecule has 1 unspecified atom stereocenters. The van der Waals surface area contributed by atoms with E-state index in [-0.39, 0.29) is 12.1 Å². The van der Waals surface area contributed by atoms with Crippen LogP contribution >= 0.6 is 0 Å². The number of allylic oxidation sites excluding steroid dienone is 5. The molecule has 0 aromatic heterocycles. The number of fused-ring (bicyclic) bond motifs is 5. The molecule has 274 valence electrons. The summed E-state index contributed by atoms with van der Waals surface area (Å²) in [7, 11) is 0. The van der Waals surface area contributed by atoms with Crippen LogP contribution in [0.15, 0.2) is 36.0 Å². The van der Waals surface area contributed by atoms with Crippen molar-refractivity contribution in [1.82, 2.24) is 0 Å². The summed E-state index contributed by atoms with van der Waals surface area (Å²) in [6.45, 7) is 17.4. The fourth-order valence-corrected chi connectivity index (χ4v) is 11.1. The van der Waals surface area contributed by atoms with E-state index < -0.39 is 0 Å². The Morgan fingerprint density at radius 1 is 0.833 bits per heavy atom. The third-order valence-electron chi connectivity index (χ3n) is 14.7. The predicted octanol–water partition coefficient (Wildman–Crippen LogP) is 14.0. The molecule has 48 heavy (non-hydrogen) atoms. The molecule has 0 spiro atoms. The molecule has 0 aliphatic heterocycles. The number of carbonyl (C=O) groups excluding carboxylic acids is 1. The standard InChI is InChI=1S/C46H78O2/c1-8-9-10-11-12-13-14-15-16-17-18-19-20-21-22-23-44(47)48-39-30-32-45(6)38(34-39)26-27-40-42-29-28-41(46(42,7)33-31-43(40)45)37(5)25-24-36(4)35(2)3/h12-13,15-16,26,35-37,39-43H,8-11,14,17-25,27-34H2,1-7H3/t36-,37+,39?,40-,41+,42-,43-,45-,46+/m0/s1. The smallest absolute Gasteiger partial charge is 0.306 e. The van der Waals surface area contributed by atoms with Crippen LogP contribution in [0.5, 0.6) is 0 Å². The van der Waals surface area contributed by atoms with Crippen LogP contribution in [-0.4, -0.2) is 12.1 Å². The first kappa shape index (κ1) is 39.5. The maximum absolute atomic E-state index is 12.8. The second-order valence-electron chi connectivity index (χ2n) is 18.1. The van der Waals surface area contributed by atoms with Crippen molar-refractivity contribution < 1.29 is 9.53 Å². The molecule has 4 aliphatic carbocycles. The first-order chi connectivity index (χ1) is 23.1. The van der Waals surface area contributed by atoms with Crippen LogP contribution in [0.2, 0.25) is 0 Å². The van der Waals surface area contributed by atoms with Gasteiger partial charge in [0.15, 0.2) is 0 Å². The van der Waals surface area contributed by atoms with Gasteiger partial charge in [0.05, 0.1) is 0 Å². The van der Waals surface area contributed by atoms with Crippen LogP contribution in [0.3, 0.4) is 0 Å². The Bertz CT molecular complexity index is 1050. The largest absolute Gasteiger partial charge is 0.462 e. The predicted molar refractivity (Wildman–Crippen MR) is 207 cm³/mol. The lowest BCUT2D eigenvalue weighted by Crippen LogP contribution is -2.51. The van der Waals surface area contributed by atoms with Crippen LogP contribution in [0.4, 0.5) is 0 Å². The molecule has 0 saturated heterocycles. The first-order valence-corrected chi connectivity index (χ1v) is 21.3. The highest BCUT2D eigenvalue weighted by Gasteiger charge is 2.59. The number of hydrogen-bond acceptors (Lipinski definition) is 2. The van der Waals surface area contributed by atoms with Crippen molar-refractivity contribution in [2.24, 2.45) is 52.3 Å². The summed E-state index contributed by atoms with van der Waals surface area (Å²) in [6.07, 6.45) is 39.1. The number of unbranched alkanes of at least 4 members (excludes halogenated alkanes) is 8. The minimum Gasteiger partial charge on any atom is -0.462 e. The molecule has 2 heteroatoms. The van der Waals surface area contributed by atoms with Crippen LogP contribution in [-0.2, 0) is 9.53 Å². The quantitative estimate of drug-likeness (QED) is 0.0736. The zero-order valence-electron chi connectivity index (χ0n) is 32.9. The van der Waals surface area contributed by atoms with Crippen LogP contribution < -0.4 is 0 Å². The van der Waals surface area contributed by atoms with E-state index in [1.165, 1.54) is 103 Å². The SMILES string of the molecule is CCCCCC=CCC=CCCCCCCCC(=O)OC1CC[C@@]2(C)C(=CC[C@H]3[C@@H]4CC[C@H]([C@H](C)CC[C@H](C)C(C)C)[C@@]4(C)CC[C@@H]32)C1. The molecule has 0 amide bonds. The topological polar surface area (TPSA) is 26.3 Å². The lowest BCUT2D eigenvalue weighted by molar-refractivity contribution is -0.151. The monoisotopic (exact) mass is 663 g/mol. The average molecular weight is 663 g/mol. The van der Waals surface area contributed by atoms with Gasteiger partial charge in [0.25, 0.3) is 0 Å². The minimum atomic E-state index is 0.0471. The Kier molecular flexibility index (Phi) is 15.9. The Balaban J connectivity index is 1.14. The molecule has 2 nitrogen and oxygen atoms in total. The third kappa shape index (κ3) is 10.4. The van der Waals surface area contributed by atoms with E-state index in [9.17, 15) is 4.79 Å². The molecule has 4 aliphatic rings. The lowest BCUT2D eigenvalue weighted by atomic mass is 9.47. The van der Waals surface area contributed by atoms with E-state index in [2.05, 4.69) is 78.8 Å². The fourth-order valence-electron chi connectivity index (χ4n) is 11.1. The van der Waals surface area contributed by atoms with E-state index >= 15 is 0 Å². The van der Waals surface area contributed by atoms with Crippen molar-refractivity contribution in [3.63, 3.8) is 0 Å². The van der Waals surface area contributed by atoms with Gasteiger partial charge in [-0.1, -0.05) is 129 Å². The van der Waals surface area contributed by atoms with Crippen molar-refractivity contribution >= 4 is 5.97 Å². The summed E-state index contributed by atoms with van der Waals surface area (Å²) in [4.78, 5) is 12.8. The van der Waals surface area contributed by atoms with Gasteiger partial charge in [-0.15, -0.1) is 0 Å². The maximum atomic E-state index is 12.8. The molecular formula is C46H78O2. The molecule has 3 saturated carbocycles. The lowest BCUT2D eigenvalue weighted by Gasteiger charge is -2.58. The molecule has 0 aromatic carbocycles. The second kappa shape index (κ2) is 19.3. The van der Waals surface area contributed by atoms with E-state index in [1.54, 1.807) is 5.57 Å². The van der Waals surface area contributed by atoms with Crippen LogP contribution in [0, 0.1) is 52.3 Å². The van der Waals surface area contributed by atoms with Crippen molar-refractivity contribution in [3.8, 4) is 0 Å². The van der Waals surface area contributed by atoms with Gasteiger partial charge >= 0.3 is 5.97 Å². The second-order valence-corrected chi connectivity index (χ2v) is 18.1. The van der Waals surface area contributed by atoms with Crippen molar-refractivity contribution in [3.05, 3.63) is 36.0 Å². The number of hydrogen-bond donors (Lipinski definition) is 0. The molecular weight excluding hydrogens is 585 g/mol. The highest BCUT2D eigenvalue weighted by molar-refractivity contribution is 5.69. The highest BCUT2D eigenvalue weighted by atomic mass is 16.5. The number of esters is 1. The van der Waals surface area contributed by atoms with Gasteiger partial charge in [-0.25, -0.2) is 0 Å². The summed E-state index contributed by atoms with van der Waals surface area (Å²) in [5.74, 6) is 6.06. The molecule has 0 aromatic rings. The summed E-state index contributed by atoms with van der Waals surface area (Å²) in [5, 5.41) is 0. The summed E-state index contributed by atoms with van der Waals surface area (Å²) in [5.41, 5.74) is 2.50. The maximum Gasteiger partial charge on any atom is 0.306 e. The molecule has 0 heterocycles. The minimum absolute atomic E-state index is 0.0471. The normalized spacial score (nSPS) is 33.0. The van der Waals surface area contributed by atoms with Crippen molar-refractivity contribution in [1.29, 1.82) is 0 Å². The average Bonchev–Trinajstić information content (AvgIpc) is 3.42. The molecule has 9 atom stereocenters. The Morgan fingerprint density at radius 2 is 1.54 bits per heavy atom. The zero-order chi connectivity index (χ0) is 34.6. The van der Waals surface area contributed by atoms with E-state index in [4.69, 9.17) is 4.74 Å². The Labute approximate surface area is 298 Å². The third-order valence-corrected chi connectivity index (χ3v) is 14.7. The van der Waals surface area contributed by atoms with Gasteiger partial charge in [-0.3, -0.25) is 4.79 Å². The summed E-state index contributed by atoms with van der Waals surface area (Å²) >= 11 is 0. The van der Waals surface area contributed by atoms with Gasteiger partial charge in [-0.2, -0.15) is 0 Å². The number of carbonyl (C=O) groups is 1. The van der Waals surface area contributed by atoms with E-state index in [0.717, 1.165) is 73.5 Å². The summed E-state index contributed by atoms with van der Waals surface area (Å²) < 4.78 is 6.13. The van der Waals surface area contributed by atoms with E-state index in [0.29, 0.717) is 17.3 Å². The van der Waals surface area contributed by atoms with Crippen LogP contribution in [0.1, 0.15) is 190 Å². The van der Waals surface area contributed by atoms with Crippen molar-refractivity contribution in [2.45, 2.75) is 196 Å². The van der Waals surface area contributed by atoms with Gasteiger partial charge < -0.3 is 4.74 Å². The Morgan fingerprint density at radius 3 is 2.27 bits per heavy atom. The number of rotatable bonds is 20. The number of ether oxygens (including phenoxy) is 1. The molecule has 0 bridgehead atoms. The molecule has 0 radical (unpaired) electrons. The van der Waals surface area contributed by atoms with E-state index in [1.807, 2.05) is 0 Å². The Hall–Kier alpha value is -1.31. The fraction of sp³-hybridized carbons (Fsp3) is 0.848. The van der Waals surface area contributed by atoms with Gasteiger partial charge in [0.1, 0.15) is 6.10 Å². The highest BCUT2D eigenvalue weighted by Crippen LogP contribution is 2.67. The van der Waals surface area contributed by atoms with Gasteiger partial charge in [0, 0.05) is 12.8 Å². The molecule has 0 N–H and O–H groups in total. The van der Waals surface area contributed by atoms with Gasteiger partial charge in [-0.05, 0) is 136 Å². The van der Waals surface area contributed by atoms with Gasteiger partial charge in [0.2, 0.25) is 0 Å². The van der Waals surface area contributed by atoms with Crippen molar-refractivity contribution in [2.75, 3.05) is 0 Å². The molecule has 3 fully saturated rings. The summed E-state index contributed by atoms with van der Waals surface area (Å²) in [6, 6.07) is 0. The van der Waals surface area contributed by atoms with Crippen LogP contribution in [0.25, 0.3) is 0 Å². The zero-order valence-corrected chi connectivity index (χ0v) is 32.9. The first-order valence-electron chi connectivity index (χ1n) is 21.3. The molecule has 4 rings (SSSR count).